The minimum atomic E-state index is -3.00. The van der Waals surface area contributed by atoms with Crippen LogP contribution in [-0.4, -0.2) is 43.4 Å². The number of nitrogens with zero attached hydrogens (tertiary/aromatic N) is 1. The van der Waals surface area contributed by atoms with Crippen molar-refractivity contribution >= 4 is 21.6 Å². The van der Waals surface area contributed by atoms with E-state index in [1.807, 2.05) is 39.8 Å². The fourth-order valence-corrected chi connectivity index (χ4v) is 4.88. The smallest absolute Gasteiger partial charge is 0.321 e. The summed E-state index contributed by atoms with van der Waals surface area (Å²) in [4.78, 5) is 14.2. The molecule has 0 bridgehead atoms. The van der Waals surface area contributed by atoms with E-state index in [-0.39, 0.29) is 23.6 Å². The zero-order chi connectivity index (χ0) is 16.5. The Labute approximate surface area is 132 Å². The van der Waals surface area contributed by atoms with Crippen LogP contribution in [0.3, 0.4) is 0 Å². The molecule has 0 saturated carbocycles. The Morgan fingerprint density at radius 1 is 1.27 bits per heavy atom. The van der Waals surface area contributed by atoms with E-state index < -0.39 is 9.84 Å². The van der Waals surface area contributed by atoms with Gasteiger partial charge in [0.15, 0.2) is 9.84 Å². The summed E-state index contributed by atoms with van der Waals surface area (Å²) >= 11 is 0. The zero-order valence-electron chi connectivity index (χ0n) is 13.6. The Morgan fingerprint density at radius 3 is 2.32 bits per heavy atom. The molecule has 1 aromatic rings. The van der Waals surface area contributed by atoms with Crippen LogP contribution in [0, 0.1) is 20.8 Å². The fourth-order valence-electron chi connectivity index (χ4n) is 3.14. The van der Waals surface area contributed by atoms with Crippen LogP contribution >= 0.6 is 0 Å². The predicted molar refractivity (Wildman–Crippen MR) is 89.1 cm³/mol. The molecule has 1 unspecified atom stereocenters. The minimum absolute atomic E-state index is 0.0696. The second kappa shape index (κ2) is 6.28. The highest BCUT2D eigenvalue weighted by Crippen LogP contribution is 2.24. The molecule has 0 spiro atoms. The number of anilines is 1. The van der Waals surface area contributed by atoms with Gasteiger partial charge in [0.2, 0.25) is 0 Å². The lowest BCUT2D eigenvalue weighted by Gasteiger charge is -2.27. The summed E-state index contributed by atoms with van der Waals surface area (Å²) in [5.74, 6) is 0.240. The van der Waals surface area contributed by atoms with Gasteiger partial charge in [-0.3, -0.25) is 0 Å². The summed E-state index contributed by atoms with van der Waals surface area (Å²) in [6.45, 7) is 8.32. The number of benzene rings is 1. The van der Waals surface area contributed by atoms with E-state index in [1.54, 1.807) is 4.90 Å². The normalized spacial score (nSPS) is 19.9. The zero-order valence-corrected chi connectivity index (χ0v) is 14.5. The van der Waals surface area contributed by atoms with E-state index in [0.717, 1.165) is 22.4 Å². The van der Waals surface area contributed by atoms with Crippen LogP contribution in [0.5, 0.6) is 0 Å². The highest BCUT2D eigenvalue weighted by Gasteiger charge is 2.34. The number of carbonyl (C=O) groups is 1. The number of aryl methyl sites for hydroxylation is 3. The molecule has 5 nitrogen and oxygen atoms in total. The molecule has 1 aliphatic heterocycles. The van der Waals surface area contributed by atoms with Gasteiger partial charge in [-0.25, -0.2) is 13.2 Å². The minimum Gasteiger partial charge on any atom is -0.321 e. The van der Waals surface area contributed by atoms with Crippen molar-refractivity contribution in [2.45, 2.75) is 40.2 Å². The van der Waals surface area contributed by atoms with Gasteiger partial charge in [0.1, 0.15) is 0 Å². The Hall–Kier alpha value is -1.56. The SMILES string of the molecule is CCN(C(=O)Nc1c(C)cc(C)cc1C)C1CCS(=O)(=O)C1. The van der Waals surface area contributed by atoms with Crippen LogP contribution in [0.4, 0.5) is 10.5 Å². The van der Waals surface area contributed by atoms with Gasteiger partial charge in [0, 0.05) is 18.3 Å². The Bertz CT molecular complexity index is 660. The lowest BCUT2D eigenvalue weighted by atomic mass is 10.1. The molecule has 6 heteroatoms. The van der Waals surface area contributed by atoms with Gasteiger partial charge in [-0.1, -0.05) is 17.7 Å². The number of amides is 2. The maximum absolute atomic E-state index is 12.6. The molecule has 22 heavy (non-hydrogen) atoms. The summed E-state index contributed by atoms with van der Waals surface area (Å²) in [5, 5.41) is 2.95. The molecule has 1 atom stereocenters. The average molecular weight is 324 g/mol. The van der Waals surface area contributed by atoms with Gasteiger partial charge in [0.25, 0.3) is 0 Å². The van der Waals surface area contributed by atoms with Crippen molar-refractivity contribution in [2.24, 2.45) is 0 Å². The highest BCUT2D eigenvalue weighted by atomic mass is 32.2. The molecule has 1 N–H and O–H groups in total. The van der Waals surface area contributed by atoms with Crippen molar-refractivity contribution in [1.29, 1.82) is 0 Å². The molecule has 1 aromatic carbocycles. The van der Waals surface area contributed by atoms with E-state index in [9.17, 15) is 13.2 Å². The van der Waals surface area contributed by atoms with Crippen LogP contribution in [0.1, 0.15) is 30.0 Å². The number of urea groups is 1. The van der Waals surface area contributed by atoms with E-state index in [4.69, 9.17) is 0 Å². The van der Waals surface area contributed by atoms with Crippen molar-refractivity contribution in [1.82, 2.24) is 4.90 Å². The van der Waals surface area contributed by atoms with E-state index in [0.29, 0.717) is 13.0 Å². The molecule has 1 saturated heterocycles. The maximum Gasteiger partial charge on any atom is 0.322 e. The van der Waals surface area contributed by atoms with E-state index in [2.05, 4.69) is 5.32 Å². The van der Waals surface area contributed by atoms with Crippen LogP contribution in [0.15, 0.2) is 12.1 Å². The fraction of sp³-hybridized carbons (Fsp3) is 0.562. The lowest BCUT2D eigenvalue weighted by Crippen LogP contribution is -2.43. The van der Waals surface area contributed by atoms with Crippen molar-refractivity contribution in [3.63, 3.8) is 0 Å². The van der Waals surface area contributed by atoms with Crippen LogP contribution in [0.25, 0.3) is 0 Å². The average Bonchev–Trinajstić information content (AvgIpc) is 2.75. The molecule has 1 heterocycles. The van der Waals surface area contributed by atoms with Crippen molar-refractivity contribution in [3.05, 3.63) is 28.8 Å². The van der Waals surface area contributed by atoms with Crippen molar-refractivity contribution in [3.8, 4) is 0 Å². The first kappa shape index (κ1) is 16.8. The third-order valence-electron chi connectivity index (χ3n) is 4.16. The molecule has 0 radical (unpaired) electrons. The topological polar surface area (TPSA) is 66.5 Å². The molecule has 0 aliphatic carbocycles. The number of sulfone groups is 1. The second-order valence-electron chi connectivity index (χ2n) is 6.05. The van der Waals surface area contributed by atoms with Crippen LogP contribution < -0.4 is 5.32 Å². The first-order chi connectivity index (χ1) is 10.2. The summed E-state index contributed by atoms with van der Waals surface area (Å²) in [7, 11) is -3.00. The van der Waals surface area contributed by atoms with Crippen LogP contribution in [-0.2, 0) is 9.84 Å². The Balaban J connectivity index is 2.17. The molecule has 1 fully saturated rings. The summed E-state index contributed by atoms with van der Waals surface area (Å²) in [6.07, 6.45) is 0.523. The number of hydrogen-bond donors (Lipinski definition) is 1. The molecule has 122 valence electrons. The van der Waals surface area contributed by atoms with Crippen molar-refractivity contribution in [2.75, 3.05) is 23.4 Å². The van der Waals surface area contributed by atoms with Gasteiger partial charge in [0.05, 0.1) is 11.5 Å². The Morgan fingerprint density at radius 2 is 1.86 bits per heavy atom. The standard InChI is InChI=1S/C16H24N2O3S/c1-5-18(14-6-7-22(20,21)10-14)16(19)17-15-12(3)8-11(2)9-13(15)4/h8-9,14H,5-7,10H2,1-4H3,(H,17,19). The molecular formula is C16H24N2O3S. The largest absolute Gasteiger partial charge is 0.322 e. The molecule has 2 rings (SSSR count). The monoisotopic (exact) mass is 324 g/mol. The van der Waals surface area contributed by atoms with E-state index >= 15 is 0 Å². The predicted octanol–water partition coefficient (Wildman–Crippen LogP) is 2.65. The first-order valence-electron chi connectivity index (χ1n) is 7.59. The van der Waals surface area contributed by atoms with Gasteiger partial charge in [-0.05, 0) is 45.2 Å². The third-order valence-corrected chi connectivity index (χ3v) is 5.91. The number of carbonyl (C=O) groups excluding carboxylic acids is 1. The highest BCUT2D eigenvalue weighted by molar-refractivity contribution is 7.91. The maximum atomic E-state index is 12.6. The quantitative estimate of drug-likeness (QED) is 0.929. The number of rotatable bonds is 3. The number of nitrogens with one attached hydrogen (secondary N) is 1. The summed E-state index contributed by atoms with van der Waals surface area (Å²) < 4.78 is 23.3. The molecular weight excluding hydrogens is 300 g/mol. The lowest BCUT2D eigenvalue weighted by molar-refractivity contribution is 0.197. The van der Waals surface area contributed by atoms with Gasteiger partial charge < -0.3 is 10.2 Å². The van der Waals surface area contributed by atoms with Gasteiger partial charge in [-0.15, -0.1) is 0 Å². The van der Waals surface area contributed by atoms with Gasteiger partial charge >= 0.3 is 6.03 Å². The molecule has 0 aromatic heterocycles. The Kier molecular flexibility index (Phi) is 4.80. The second-order valence-corrected chi connectivity index (χ2v) is 8.28. The molecule has 2 amide bonds. The van der Waals surface area contributed by atoms with Crippen molar-refractivity contribution < 1.29 is 13.2 Å². The summed E-state index contributed by atoms with van der Waals surface area (Å²) in [6, 6.07) is 3.61. The van der Waals surface area contributed by atoms with E-state index in [1.165, 1.54) is 0 Å². The molecule has 1 aliphatic rings. The third kappa shape index (κ3) is 3.61. The van der Waals surface area contributed by atoms with Gasteiger partial charge in [-0.2, -0.15) is 0 Å². The first-order valence-corrected chi connectivity index (χ1v) is 9.41. The van der Waals surface area contributed by atoms with Crippen LogP contribution in [0.2, 0.25) is 0 Å². The summed E-state index contributed by atoms with van der Waals surface area (Å²) in [5.41, 5.74) is 4.00. The number of hydrogen-bond acceptors (Lipinski definition) is 3.